The molecule has 1 heterocycles. The first-order valence-electron chi connectivity index (χ1n) is 6.58. The summed E-state index contributed by atoms with van der Waals surface area (Å²) in [6.07, 6.45) is 1.75. The van der Waals surface area contributed by atoms with E-state index < -0.39 is 9.84 Å². The van der Waals surface area contributed by atoms with Crippen molar-refractivity contribution in [2.24, 2.45) is 5.92 Å². The number of carbonyl (C=O) groups is 1. The molecule has 4 nitrogen and oxygen atoms in total. The van der Waals surface area contributed by atoms with Gasteiger partial charge < -0.3 is 5.32 Å². The van der Waals surface area contributed by atoms with Crippen molar-refractivity contribution in [2.75, 3.05) is 16.8 Å². The van der Waals surface area contributed by atoms with Gasteiger partial charge in [-0.2, -0.15) is 0 Å². The highest BCUT2D eigenvalue weighted by atomic mass is 32.2. The van der Waals surface area contributed by atoms with Gasteiger partial charge in [0.25, 0.3) is 0 Å². The molecule has 1 fully saturated rings. The summed E-state index contributed by atoms with van der Waals surface area (Å²) < 4.78 is 22.7. The molecule has 0 spiro atoms. The maximum absolute atomic E-state index is 11.9. The zero-order chi connectivity index (χ0) is 13.9. The van der Waals surface area contributed by atoms with Gasteiger partial charge in [0.1, 0.15) is 0 Å². The van der Waals surface area contributed by atoms with E-state index in [9.17, 15) is 13.2 Å². The van der Waals surface area contributed by atoms with E-state index in [4.69, 9.17) is 0 Å². The van der Waals surface area contributed by atoms with Crippen LogP contribution in [0.1, 0.15) is 25.3 Å². The van der Waals surface area contributed by atoms with Gasteiger partial charge in [-0.05, 0) is 30.4 Å². The number of rotatable bonds is 4. The molecule has 1 saturated heterocycles. The predicted molar refractivity (Wildman–Crippen MR) is 75.8 cm³/mol. The second-order valence-electron chi connectivity index (χ2n) is 5.03. The lowest BCUT2D eigenvalue weighted by molar-refractivity contribution is -0.116. The Morgan fingerprint density at radius 3 is 2.74 bits per heavy atom. The van der Waals surface area contributed by atoms with Crippen molar-refractivity contribution in [1.29, 1.82) is 0 Å². The third-order valence-corrected chi connectivity index (χ3v) is 5.31. The van der Waals surface area contributed by atoms with Crippen molar-refractivity contribution in [2.45, 2.75) is 26.2 Å². The largest absolute Gasteiger partial charge is 0.326 e. The van der Waals surface area contributed by atoms with Gasteiger partial charge in [-0.25, -0.2) is 8.42 Å². The SMILES string of the molecule is CCc1ccccc1NC(=O)CC1CCS(=O)(=O)C1. The summed E-state index contributed by atoms with van der Waals surface area (Å²) in [7, 11) is -2.91. The third kappa shape index (κ3) is 3.80. The number of hydrogen-bond acceptors (Lipinski definition) is 3. The van der Waals surface area contributed by atoms with Crippen molar-refractivity contribution in [3.63, 3.8) is 0 Å². The van der Waals surface area contributed by atoms with Crippen molar-refractivity contribution in [3.8, 4) is 0 Å². The Hall–Kier alpha value is -1.36. The van der Waals surface area contributed by atoms with E-state index in [1.165, 1.54) is 0 Å². The number of para-hydroxylation sites is 1. The lowest BCUT2D eigenvalue weighted by Crippen LogP contribution is -2.18. The van der Waals surface area contributed by atoms with Crippen LogP contribution >= 0.6 is 0 Å². The lowest BCUT2D eigenvalue weighted by atomic mass is 10.0. The zero-order valence-electron chi connectivity index (χ0n) is 11.1. The van der Waals surface area contributed by atoms with Crippen LogP contribution in [0.4, 0.5) is 5.69 Å². The Morgan fingerprint density at radius 1 is 1.37 bits per heavy atom. The number of benzene rings is 1. The summed E-state index contributed by atoms with van der Waals surface area (Å²) >= 11 is 0. The number of amides is 1. The average Bonchev–Trinajstić information content (AvgIpc) is 2.69. The Kier molecular flexibility index (Phi) is 4.24. The first kappa shape index (κ1) is 14.1. The molecule has 0 saturated carbocycles. The van der Waals surface area contributed by atoms with Gasteiger partial charge in [0, 0.05) is 12.1 Å². The quantitative estimate of drug-likeness (QED) is 0.918. The molecule has 19 heavy (non-hydrogen) atoms. The van der Waals surface area contributed by atoms with Gasteiger partial charge >= 0.3 is 0 Å². The maximum Gasteiger partial charge on any atom is 0.224 e. The Morgan fingerprint density at radius 2 is 2.11 bits per heavy atom. The highest BCUT2D eigenvalue weighted by Crippen LogP contribution is 2.23. The minimum atomic E-state index is -2.91. The monoisotopic (exact) mass is 281 g/mol. The number of aryl methyl sites for hydroxylation is 1. The second kappa shape index (κ2) is 5.74. The number of anilines is 1. The Bertz CT molecular complexity index is 566. The van der Waals surface area contributed by atoms with Crippen LogP contribution in [0, 0.1) is 5.92 Å². The summed E-state index contributed by atoms with van der Waals surface area (Å²) in [4.78, 5) is 11.9. The van der Waals surface area contributed by atoms with Crippen molar-refractivity contribution >= 4 is 21.4 Å². The van der Waals surface area contributed by atoms with Crippen molar-refractivity contribution in [3.05, 3.63) is 29.8 Å². The summed E-state index contributed by atoms with van der Waals surface area (Å²) in [6, 6.07) is 7.69. The molecule has 1 amide bonds. The van der Waals surface area contributed by atoms with Crippen LogP contribution in [-0.2, 0) is 21.1 Å². The van der Waals surface area contributed by atoms with Crippen molar-refractivity contribution < 1.29 is 13.2 Å². The molecule has 1 aliphatic heterocycles. The standard InChI is InChI=1S/C14H19NO3S/c1-2-12-5-3-4-6-13(12)15-14(16)9-11-7-8-19(17,18)10-11/h3-6,11H,2,7-10H2,1H3,(H,15,16). The molecule has 0 bridgehead atoms. The zero-order valence-corrected chi connectivity index (χ0v) is 11.9. The molecule has 0 aliphatic carbocycles. The summed E-state index contributed by atoms with van der Waals surface area (Å²) in [6.45, 7) is 2.04. The first-order chi connectivity index (χ1) is 9.00. The predicted octanol–water partition coefficient (Wildman–Crippen LogP) is 2.01. The molecule has 2 rings (SSSR count). The van der Waals surface area contributed by atoms with Crippen LogP contribution in [0.5, 0.6) is 0 Å². The van der Waals surface area contributed by atoms with E-state index in [1.54, 1.807) is 0 Å². The molecule has 1 aliphatic rings. The Balaban J connectivity index is 1.95. The van der Waals surface area contributed by atoms with E-state index in [0.717, 1.165) is 17.7 Å². The molecule has 1 aromatic rings. The smallest absolute Gasteiger partial charge is 0.224 e. The topological polar surface area (TPSA) is 63.2 Å². The second-order valence-corrected chi connectivity index (χ2v) is 7.26. The molecule has 1 unspecified atom stereocenters. The summed E-state index contributed by atoms with van der Waals surface area (Å²) in [5, 5.41) is 2.88. The fourth-order valence-corrected chi connectivity index (χ4v) is 4.31. The van der Waals surface area contributed by atoms with Gasteiger partial charge in [0.15, 0.2) is 9.84 Å². The fraction of sp³-hybridized carbons (Fsp3) is 0.500. The molecule has 1 atom stereocenters. The molecule has 1 aromatic carbocycles. The first-order valence-corrected chi connectivity index (χ1v) is 8.40. The number of nitrogens with one attached hydrogen (secondary N) is 1. The average molecular weight is 281 g/mol. The molecule has 0 aromatic heterocycles. The van der Waals surface area contributed by atoms with Gasteiger partial charge in [0.2, 0.25) is 5.91 Å². The molecular formula is C14H19NO3S. The van der Waals surface area contributed by atoms with Gasteiger partial charge in [0.05, 0.1) is 11.5 Å². The number of carbonyl (C=O) groups excluding carboxylic acids is 1. The molecule has 104 valence electrons. The van der Waals surface area contributed by atoms with Crippen molar-refractivity contribution in [1.82, 2.24) is 0 Å². The normalized spacial score (nSPS) is 21.2. The van der Waals surface area contributed by atoms with Crippen LogP contribution < -0.4 is 5.32 Å². The van der Waals surface area contributed by atoms with Crippen LogP contribution in [0.25, 0.3) is 0 Å². The van der Waals surface area contributed by atoms with E-state index >= 15 is 0 Å². The highest BCUT2D eigenvalue weighted by Gasteiger charge is 2.29. The van der Waals surface area contributed by atoms with E-state index in [-0.39, 0.29) is 29.8 Å². The highest BCUT2D eigenvalue weighted by molar-refractivity contribution is 7.91. The third-order valence-electron chi connectivity index (χ3n) is 3.47. The number of hydrogen-bond donors (Lipinski definition) is 1. The van der Waals surface area contributed by atoms with Crippen LogP contribution in [-0.4, -0.2) is 25.8 Å². The molecule has 0 radical (unpaired) electrons. The van der Waals surface area contributed by atoms with Crippen LogP contribution in [0.3, 0.4) is 0 Å². The van der Waals surface area contributed by atoms with E-state index in [1.807, 2.05) is 31.2 Å². The minimum absolute atomic E-state index is 0.0289. The molecule has 5 heteroatoms. The van der Waals surface area contributed by atoms with Gasteiger partial charge in [-0.15, -0.1) is 0 Å². The van der Waals surface area contributed by atoms with Gasteiger partial charge in [-0.3, -0.25) is 4.79 Å². The maximum atomic E-state index is 11.9. The van der Waals surface area contributed by atoms with Crippen LogP contribution in [0.15, 0.2) is 24.3 Å². The van der Waals surface area contributed by atoms with Crippen LogP contribution in [0.2, 0.25) is 0 Å². The van der Waals surface area contributed by atoms with E-state index in [2.05, 4.69) is 5.32 Å². The molecular weight excluding hydrogens is 262 g/mol. The summed E-state index contributed by atoms with van der Waals surface area (Å²) in [5.74, 6) is 0.244. The van der Waals surface area contributed by atoms with Gasteiger partial charge in [-0.1, -0.05) is 25.1 Å². The van der Waals surface area contributed by atoms with E-state index in [0.29, 0.717) is 6.42 Å². The minimum Gasteiger partial charge on any atom is -0.326 e. The fourth-order valence-electron chi connectivity index (χ4n) is 2.45. The number of sulfone groups is 1. The molecule has 1 N–H and O–H groups in total. The lowest BCUT2D eigenvalue weighted by Gasteiger charge is -2.11. The Labute approximate surface area is 114 Å². The summed E-state index contributed by atoms with van der Waals surface area (Å²) in [5.41, 5.74) is 1.92.